The van der Waals surface area contributed by atoms with Crippen molar-refractivity contribution in [2.24, 2.45) is 5.92 Å². The van der Waals surface area contributed by atoms with Gasteiger partial charge in [0.05, 0.1) is 12.1 Å². The predicted molar refractivity (Wildman–Crippen MR) is 114 cm³/mol. The molecule has 26 heavy (non-hydrogen) atoms. The molecule has 3 rings (SSSR count). The zero-order valence-electron chi connectivity index (χ0n) is 15.2. The summed E-state index contributed by atoms with van der Waals surface area (Å²) in [5.41, 5.74) is 3.25. The van der Waals surface area contributed by atoms with Crippen LogP contribution in [0.2, 0.25) is 0 Å². The second-order valence-electron chi connectivity index (χ2n) is 6.57. The van der Waals surface area contributed by atoms with Crippen LogP contribution in [-0.2, 0) is 11.2 Å². The van der Waals surface area contributed by atoms with E-state index in [4.69, 9.17) is 0 Å². The summed E-state index contributed by atoms with van der Waals surface area (Å²) < 4.78 is 0. The number of hydrogen-bond acceptors (Lipinski definition) is 4. The largest absolute Gasteiger partial charge is 0.342 e. The fraction of sp³-hybridized carbons (Fsp3) is 0.474. The van der Waals surface area contributed by atoms with E-state index in [9.17, 15) is 4.79 Å². The third kappa shape index (κ3) is 5.95. The molecular weight excluding hydrogens is 389 g/mol. The molecule has 1 aliphatic heterocycles. The Balaban J connectivity index is 0.00000169. The number of hydrogen-bond donors (Lipinski definition) is 1. The minimum absolute atomic E-state index is 0. The molecule has 2 heterocycles. The number of benzene rings is 1. The molecule has 2 aromatic rings. The monoisotopic (exact) mass is 415 g/mol. The summed E-state index contributed by atoms with van der Waals surface area (Å²) in [5.74, 6) is 0.908. The third-order valence-electron chi connectivity index (χ3n) is 4.61. The Hall–Kier alpha value is -1.14. The zero-order valence-corrected chi connectivity index (χ0v) is 17.7. The first-order chi connectivity index (χ1) is 11.7. The molecule has 1 aromatic carbocycles. The van der Waals surface area contributed by atoms with Gasteiger partial charge in [0.1, 0.15) is 5.01 Å². The second kappa shape index (κ2) is 10.9. The molecule has 1 fully saturated rings. The minimum atomic E-state index is 0. The number of carbonyl (C=O) groups excluding carboxylic acids is 1. The normalized spacial score (nSPS) is 14.5. The Morgan fingerprint density at radius 3 is 2.69 bits per heavy atom. The molecule has 0 spiro atoms. The standard InChI is InChI=1S/C19H25N3OS.2ClH/c1-14-4-3-5-16(10-14)19-21-17(13-24-19)11-18(23)22-8-6-15(7-9-22)12-20-2;;/h3-5,10,13,15,20H,6-9,11-12H2,1-2H3;2*1H. The Bertz CT molecular complexity index is 700. The van der Waals surface area contributed by atoms with Crippen molar-refractivity contribution in [3.63, 3.8) is 0 Å². The van der Waals surface area contributed by atoms with Gasteiger partial charge in [0.25, 0.3) is 0 Å². The third-order valence-corrected chi connectivity index (χ3v) is 5.55. The molecule has 7 heteroatoms. The van der Waals surface area contributed by atoms with Crippen molar-refractivity contribution < 1.29 is 4.79 Å². The lowest BCUT2D eigenvalue weighted by atomic mass is 9.96. The number of nitrogens with one attached hydrogen (secondary N) is 1. The van der Waals surface area contributed by atoms with Gasteiger partial charge in [0, 0.05) is 24.0 Å². The Morgan fingerprint density at radius 2 is 2.04 bits per heavy atom. The van der Waals surface area contributed by atoms with Crippen LogP contribution >= 0.6 is 36.2 Å². The highest BCUT2D eigenvalue weighted by Gasteiger charge is 2.23. The Labute approximate surface area is 172 Å². The molecule has 1 aromatic heterocycles. The summed E-state index contributed by atoms with van der Waals surface area (Å²) in [6, 6.07) is 8.34. The fourth-order valence-electron chi connectivity index (χ4n) is 3.24. The highest BCUT2D eigenvalue weighted by molar-refractivity contribution is 7.13. The number of thiazole rings is 1. The van der Waals surface area contributed by atoms with Crippen LogP contribution in [0.5, 0.6) is 0 Å². The molecule has 0 aliphatic carbocycles. The molecule has 1 N–H and O–H groups in total. The van der Waals surface area contributed by atoms with E-state index in [-0.39, 0.29) is 30.7 Å². The maximum atomic E-state index is 12.5. The van der Waals surface area contributed by atoms with Crippen molar-refractivity contribution in [1.29, 1.82) is 0 Å². The summed E-state index contributed by atoms with van der Waals surface area (Å²) in [7, 11) is 1.99. The van der Waals surface area contributed by atoms with Crippen molar-refractivity contribution in [3.8, 4) is 10.6 Å². The number of rotatable bonds is 5. The number of halogens is 2. The van der Waals surface area contributed by atoms with Crippen LogP contribution in [0.4, 0.5) is 0 Å². The maximum Gasteiger partial charge on any atom is 0.228 e. The van der Waals surface area contributed by atoms with Crippen LogP contribution in [0.1, 0.15) is 24.1 Å². The molecule has 144 valence electrons. The highest BCUT2D eigenvalue weighted by Crippen LogP contribution is 2.25. The van der Waals surface area contributed by atoms with Gasteiger partial charge in [-0.1, -0.05) is 23.8 Å². The van der Waals surface area contributed by atoms with E-state index in [1.807, 2.05) is 23.4 Å². The molecule has 1 amide bonds. The molecule has 0 atom stereocenters. The van der Waals surface area contributed by atoms with Crippen LogP contribution in [0.25, 0.3) is 10.6 Å². The van der Waals surface area contributed by atoms with Crippen molar-refractivity contribution >= 4 is 42.1 Å². The van der Waals surface area contributed by atoms with E-state index in [0.29, 0.717) is 12.3 Å². The van der Waals surface area contributed by atoms with E-state index in [0.717, 1.165) is 48.7 Å². The first kappa shape index (κ1) is 22.9. The molecule has 0 saturated carbocycles. The zero-order chi connectivity index (χ0) is 16.9. The Kier molecular flexibility index (Phi) is 9.58. The lowest BCUT2D eigenvalue weighted by Crippen LogP contribution is -2.41. The maximum absolute atomic E-state index is 12.5. The number of likely N-dealkylation sites (tertiary alicyclic amines) is 1. The summed E-state index contributed by atoms with van der Waals surface area (Å²) in [6.45, 7) is 4.88. The van der Waals surface area contributed by atoms with Gasteiger partial charge in [-0.2, -0.15) is 0 Å². The van der Waals surface area contributed by atoms with Crippen LogP contribution in [0.3, 0.4) is 0 Å². The SMILES string of the molecule is CNCC1CCN(C(=O)Cc2csc(-c3cccc(C)c3)n2)CC1.Cl.Cl. The molecular formula is C19H27Cl2N3OS. The van der Waals surface area contributed by atoms with Crippen molar-refractivity contribution in [2.75, 3.05) is 26.7 Å². The summed E-state index contributed by atoms with van der Waals surface area (Å²) in [6.07, 6.45) is 2.61. The van der Waals surface area contributed by atoms with E-state index in [2.05, 4.69) is 35.4 Å². The Morgan fingerprint density at radius 1 is 1.31 bits per heavy atom. The quantitative estimate of drug-likeness (QED) is 0.803. The summed E-state index contributed by atoms with van der Waals surface area (Å²) in [4.78, 5) is 19.2. The van der Waals surface area contributed by atoms with Gasteiger partial charge in [-0.3, -0.25) is 4.79 Å². The van der Waals surface area contributed by atoms with Gasteiger partial charge < -0.3 is 10.2 Å². The molecule has 0 radical (unpaired) electrons. The van der Waals surface area contributed by atoms with Gasteiger partial charge in [0.2, 0.25) is 5.91 Å². The van der Waals surface area contributed by atoms with Gasteiger partial charge in [-0.15, -0.1) is 36.2 Å². The molecule has 1 saturated heterocycles. The van der Waals surface area contributed by atoms with Crippen LogP contribution in [-0.4, -0.2) is 42.5 Å². The number of carbonyl (C=O) groups is 1. The first-order valence-corrected chi connectivity index (χ1v) is 9.47. The van der Waals surface area contributed by atoms with E-state index in [1.54, 1.807) is 11.3 Å². The predicted octanol–water partition coefficient (Wildman–Crippen LogP) is 3.96. The topological polar surface area (TPSA) is 45.2 Å². The van der Waals surface area contributed by atoms with Crippen LogP contribution < -0.4 is 5.32 Å². The van der Waals surface area contributed by atoms with Gasteiger partial charge >= 0.3 is 0 Å². The summed E-state index contributed by atoms with van der Waals surface area (Å²) in [5, 5.41) is 6.24. The number of amides is 1. The lowest BCUT2D eigenvalue weighted by Gasteiger charge is -2.31. The van der Waals surface area contributed by atoms with Gasteiger partial charge in [-0.25, -0.2) is 4.98 Å². The van der Waals surface area contributed by atoms with E-state index in [1.165, 1.54) is 5.56 Å². The van der Waals surface area contributed by atoms with E-state index < -0.39 is 0 Å². The molecule has 4 nitrogen and oxygen atoms in total. The summed E-state index contributed by atoms with van der Waals surface area (Å²) >= 11 is 1.62. The second-order valence-corrected chi connectivity index (χ2v) is 7.43. The molecule has 0 bridgehead atoms. The van der Waals surface area contributed by atoms with Gasteiger partial charge in [-0.05, 0) is 45.3 Å². The van der Waals surface area contributed by atoms with Crippen molar-refractivity contribution in [2.45, 2.75) is 26.2 Å². The van der Waals surface area contributed by atoms with Crippen LogP contribution in [0.15, 0.2) is 29.6 Å². The number of aromatic nitrogens is 1. The number of aryl methyl sites for hydroxylation is 1. The lowest BCUT2D eigenvalue weighted by molar-refractivity contribution is -0.131. The number of piperidine rings is 1. The van der Waals surface area contributed by atoms with Crippen LogP contribution in [0, 0.1) is 12.8 Å². The smallest absolute Gasteiger partial charge is 0.228 e. The minimum Gasteiger partial charge on any atom is -0.342 e. The highest BCUT2D eigenvalue weighted by atomic mass is 35.5. The first-order valence-electron chi connectivity index (χ1n) is 8.59. The average Bonchev–Trinajstić information content (AvgIpc) is 3.04. The van der Waals surface area contributed by atoms with Crippen molar-refractivity contribution in [3.05, 3.63) is 40.9 Å². The number of nitrogens with zero attached hydrogens (tertiary/aromatic N) is 2. The van der Waals surface area contributed by atoms with E-state index >= 15 is 0 Å². The average molecular weight is 416 g/mol. The fourth-order valence-corrected chi connectivity index (χ4v) is 4.06. The molecule has 1 aliphatic rings. The van der Waals surface area contributed by atoms with Crippen molar-refractivity contribution in [1.82, 2.24) is 15.2 Å². The van der Waals surface area contributed by atoms with Gasteiger partial charge in [0.15, 0.2) is 0 Å². The molecule has 0 unspecified atom stereocenters.